The van der Waals surface area contributed by atoms with Crippen LogP contribution in [-0.2, 0) is 9.53 Å². The second kappa shape index (κ2) is 8.56. The molecule has 0 radical (unpaired) electrons. The Balaban J connectivity index is 2.06. The summed E-state index contributed by atoms with van der Waals surface area (Å²) in [6.45, 7) is 3.79. The highest BCUT2D eigenvalue weighted by Crippen LogP contribution is 2.35. The first kappa shape index (κ1) is 19.6. The van der Waals surface area contributed by atoms with Crippen molar-refractivity contribution in [3.05, 3.63) is 22.2 Å². The van der Waals surface area contributed by atoms with E-state index >= 15 is 0 Å². The van der Waals surface area contributed by atoms with Crippen LogP contribution in [0.5, 0.6) is 11.5 Å². The van der Waals surface area contributed by atoms with Gasteiger partial charge in [0.1, 0.15) is 16.0 Å². The van der Waals surface area contributed by atoms with Crippen molar-refractivity contribution in [1.82, 2.24) is 4.90 Å². The van der Waals surface area contributed by atoms with E-state index in [1.807, 2.05) is 18.7 Å². The van der Waals surface area contributed by atoms with Crippen molar-refractivity contribution in [1.29, 1.82) is 0 Å². The van der Waals surface area contributed by atoms with E-state index in [0.29, 0.717) is 16.0 Å². The number of ether oxygens (including phenoxy) is 3. The number of amides is 1. The quantitative estimate of drug-likeness (QED) is 0.691. The number of hydrogen-bond donors (Lipinski definition) is 0. The number of methoxy groups -OCH3 is 2. The predicted molar refractivity (Wildman–Crippen MR) is 97.1 cm³/mol. The number of hydrogen-bond acceptors (Lipinski definition) is 5. The van der Waals surface area contributed by atoms with Crippen LogP contribution in [0.1, 0.15) is 43.5 Å². The molecular formula is C18H24BrNO5. The number of carbonyl (C=O) groups excluding carboxylic acids is 2. The van der Waals surface area contributed by atoms with Crippen LogP contribution in [0.15, 0.2) is 16.6 Å². The minimum absolute atomic E-state index is 0.163. The van der Waals surface area contributed by atoms with E-state index in [1.54, 1.807) is 12.1 Å². The minimum atomic E-state index is -0.588. The van der Waals surface area contributed by atoms with Crippen LogP contribution in [0.25, 0.3) is 0 Å². The second-order valence-electron chi connectivity index (χ2n) is 6.20. The third-order valence-electron chi connectivity index (χ3n) is 4.49. The molecule has 1 heterocycles. The van der Waals surface area contributed by atoms with Gasteiger partial charge in [-0.15, -0.1) is 0 Å². The van der Waals surface area contributed by atoms with Crippen LogP contribution in [0.2, 0.25) is 0 Å². The molecule has 0 saturated carbocycles. The largest absolute Gasteiger partial charge is 0.495 e. The molecule has 0 aromatic heterocycles. The van der Waals surface area contributed by atoms with E-state index in [-0.39, 0.29) is 30.2 Å². The number of rotatable bonds is 5. The molecule has 0 bridgehead atoms. The average Bonchev–Trinajstić information content (AvgIpc) is 2.59. The summed E-state index contributed by atoms with van der Waals surface area (Å²) >= 11 is 3.35. The summed E-state index contributed by atoms with van der Waals surface area (Å²) in [5, 5.41) is 0. The van der Waals surface area contributed by atoms with Gasteiger partial charge in [-0.25, -0.2) is 4.79 Å². The molecule has 1 aliphatic heterocycles. The van der Waals surface area contributed by atoms with Crippen molar-refractivity contribution >= 4 is 27.8 Å². The Morgan fingerprint density at radius 3 is 2.12 bits per heavy atom. The Bertz CT molecular complexity index is 613. The van der Waals surface area contributed by atoms with Gasteiger partial charge in [0.15, 0.2) is 6.61 Å². The smallest absolute Gasteiger partial charge is 0.338 e. The van der Waals surface area contributed by atoms with Crippen LogP contribution in [0.3, 0.4) is 0 Å². The van der Waals surface area contributed by atoms with Crippen molar-refractivity contribution in [3.63, 3.8) is 0 Å². The van der Waals surface area contributed by atoms with Gasteiger partial charge in [0.25, 0.3) is 5.91 Å². The molecule has 0 aliphatic carbocycles. The molecule has 1 amide bonds. The number of halogens is 1. The topological polar surface area (TPSA) is 65.1 Å². The highest BCUT2D eigenvalue weighted by Gasteiger charge is 2.29. The van der Waals surface area contributed by atoms with Gasteiger partial charge in [-0.2, -0.15) is 0 Å². The molecule has 2 rings (SSSR count). The molecule has 2 atom stereocenters. The summed E-state index contributed by atoms with van der Waals surface area (Å²) in [5.41, 5.74) is 0.268. The van der Waals surface area contributed by atoms with Crippen molar-refractivity contribution in [2.75, 3.05) is 20.8 Å². The summed E-state index contributed by atoms with van der Waals surface area (Å²) in [6.07, 6.45) is 3.07. The molecule has 0 N–H and O–H groups in total. The van der Waals surface area contributed by atoms with Crippen LogP contribution >= 0.6 is 15.9 Å². The molecule has 1 aliphatic rings. The molecule has 0 unspecified atom stereocenters. The molecule has 6 nitrogen and oxygen atoms in total. The monoisotopic (exact) mass is 413 g/mol. The van der Waals surface area contributed by atoms with Crippen LogP contribution in [-0.4, -0.2) is 49.7 Å². The fourth-order valence-electron chi connectivity index (χ4n) is 3.19. The number of carbonyl (C=O) groups is 2. The first-order chi connectivity index (χ1) is 11.9. The molecule has 1 aromatic rings. The fraction of sp³-hybridized carbons (Fsp3) is 0.556. The molecule has 7 heteroatoms. The van der Waals surface area contributed by atoms with Gasteiger partial charge < -0.3 is 19.1 Å². The van der Waals surface area contributed by atoms with E-state index in [0.717, 1.165) is 19.3 Å². The van der Waals surface area contributed by atoms with Gasteiger partial charge in [-0.3, -0.25) is 4.79 Å². The maximum Gasteiger partial charge on any atom is 0.338 e. The van der Waals surface area contributed by atoms with Crippen molar-refractivity contribution in [2.24, 2.45) is 0 Å². The number of benzene rings is 1. The lowest BCUT2D eigenvalue weighted by molar-refractivity contribution is -0.140. The SMILES string of the molecule is COc1cc(C(=O)OCC(=O)N2[C@H](C)CCC[C@@H]2C)cc(OC)c1Br. The average molecular weight is 414 g/mol. The van der Waals surface area contributed by atoms with Gasteiger partial charge in [0.2, 0.25) is 0 Å². The summed E-state index contributed by atoms with van der Waals surface area (Å²) in [7, 11) is 2.99. The van der Waals surface area contributed by atoms with Crippen LogP contribution in [0.4, 0.5) is 0 Å². The standard InChI is InChI=1S/C18H24BrNO5/c1-11-6-5-7-12(2)20(11)16(21)10-25-18(22)13-8-14(23-3)17(19)15(9-13)24-4/h8-9,11-12H,5-7,10H2,1-4H3/t11-,12+. The normalized spacial score (nSPS) is 20.1. The Morgan fingerprint density at radius 1 is 1.12 bits per heavy atom. The molecule has 1 fully saturated rings. The van der Waals surface area contributed by atoms with Gasteiger partial charge in [0.05, 0.1) is 19.8 Å². The zero-order valence-electron chi connectivity index (χ0n) is 15.0. The van der Waals surface area contributed by atoms with E-state index in [9.17, 15) is 9.59 Å². The number of esters is 1. The summed E-state index contributed by atoms with van der Waals surface area (Å²) in [5.74, 6) is 0.158. The first-order valence-corrected chi connectivity index (χ1v) is 9.08. The highest BCUT2D eigenvalue weighted by molar-refractivity contribution is 9.10. The van der Waals surface area contributed by atoms with Gasteiger partial charge in [-0.05, 0) is 61.2 Å². The lowest BCUT2D eigenvalue weighted by Gasteiger charge is -2.38. The predicted octanol–water partition coefficient (Wildman–Crippen LogP) is 3.41. The lowest BCUT2D eigenvalue weighted by Crippen LogP contribution is -2.49. The Labute approximate surface area is 156 Å². The van der Waals surface area contributed by atoms with Gasteiger partial charge >= 0.3 is 5.97 Å². The molecule has 1 saturated heterocycles. The number of nitrogens with zero attached hydrogens (tertiary/aromatic N) is 1. The maximum atomic E-state index is 12.4. The summed E-state index contributed by atoms with van der Waals surface area (Å²) in [4.78, 5) is 26.6. The zero-order valence-corrected chi connectivity index (χ0v) is 16.6. The van der Waals surface area contributed by atoms with Crippen molar-refractivity contribution < 1.29 is 23.8 Å². The molecule has 25 heavy (non-hydrogen) atoms. The zero-order chi connectivity index (χ0) is 18.6. The first-order valence-electron chi connectivity index (χ1n) is 8.28. The van der Waals surface area contributed by atoms with E-state index in [4.69, 9.17) is 14.2 Å². The Hall–Kier alpha value is -1.76. The Morgan fingerprint density at radius 2 is 1.64 bits per heavy atom. The van der Waals surface area contributed by atoms with Crippen molar-refractivity contribution in [3.8, 4) is 11.5 Å². The summed E-state index contributed by atoms with van der Waals surface area (Å²) < 4.78 is 16.3. The number of likely N-dealkylation sites (tertiary alicyclic amines) is 1. The fourth-order valence-corrected chi connectivity index (χ4v) is 3.74. The third kappa shape index (κ3) is 4.45. The van der Waals surface area contributed by atoms with Gasteiger partial charge in [0, 0.05) is 12.1 Å². The van der Waals surface area contributed by atoms with Crippen LogP contribution < -0.4 is 9.47 Å². The molecule has 138 valence electrons. The van der Waals surface area contributed by atoms with E-state index < -0.39 is 5.97 Å². The minimum Gasteiger partial charge on any atom is -0.495 e. The maximum absolute atomic E-state index is 12.4. The van der Waals surface area contributed by atoms with Gasteiger partial charge in [-0.1, -0.05) is 0 Å². The molecular weight excluding hydrogens is 390 g/mol. The van der Waals surface area contributed by atoms with Crippen LogP contribution in [0, 0.1) is 0 Å². The van der Waals surface area contributed by atoms with E-state index in [2.05, 4.69) is 15.9 Å². The lowest BCUT2D eigenvalue weighted by atomic mass is 9.97. The second-order valence-corrected chi connectivity index (χ2v) is 6.99. The third-order valence-corrected chi connectivity index (χ3v) is 5.27. The highest BCUT2D eigenvalue weighted by atomic mass is 79.9. The molecule has 1 aromatic carbocycles. The van der Waals surface area contributed by atoms with Crippen molar-refractivity contribution in [2.45, 2.75) is 45.2 Å². The number of piperidine rings is 1. The Kier molecular flexibility index (Phi) is 6.70. The summed E-state index contributed by atoms with van der Waals surface area (Å²) in [6, 6.07) is 3.43. The van der Waals surface area contributed by atoms with E-state index in [1.165, 1.54) is 14.2 Å². The molecule has 0 spiro atoms.